The fourth-order valence-corrected chi connectivity index (χ4v) is 6.90. The molecule has 0 bridgehead atoms. The number of hydrogen-bond acceptors (Lipinski definition) is 10. The number of hydrogen-bond donors (Lipinski definition) is 8. The maximum Gasteiger partial charge on any atom is 0.337 e. The van der Waals surface area contributed by atoms with Crippen LogP contribution in [0.4, 0.5) is 17.1 Å². The van der Waals surface area contributed by atoms with Crippen molar-refractivity contribution in [3.05, 3.63) is 77.4 Å². The number of carbonyl (C=O) groups is 1. The average molecular weight is 607 g/mol. The van der Waals surface area contributed by atoms with Crippen LogP contribution in [0.5, 0.6) is 0 Å². The molecule has 3 aliphatic rings. The number of nitrogens with one attached hydrogen (secondary N) is 8. The molecule has 8 N–H and O–H groups in total. The molecule has 12 nitrogen and oxygen atoms in total. The standard InChI is InChI=1S/C33H38N10O2/c1-45-30(44)19-6-9-25-24(14-19)33(43-42-25,31-38-26-10-7-20(15-28(26)40-31)36-22-4-2-12-34-17-22)32-39-27-11-8-21(16-29(27)41-32)37-23-5-3-13-35-18-23/h6-11,14-16,22-23,34-37,42-43H,2-5,12-13,17-18H2,1H3,(H,38,40)(H,39,41). The number of ether oxygens (including phenoxy) is 1. The first kappa shape index (κ1) is 27.9. The summed E-state index contributed by atoms with van der Waals surface area (Å²) in [7, 11) is 1.39. The Morgan fingerprint density at radius 3 is 1.96 bits per heavy atom. The summed E-state index contributed by atoms with van der Waals surface area (Å²) >= 11 is 0. The second-order valence-electron chi connectivity index (χ2n) is 12.3. The first-order valence-corrected chi connectivity index (χ1v) is 15.8. The van der Waals surface area contributed by atoms with Crippen molar-refractivity contribution in [3.63, 3.8) is 0 Å². The van der Waals surface area contributed by atoms with E-state index in [9.17, 15) is 4.79 Å². The smallest absolute Gasteiger partial charge is 0.337 e. The van der Waals surface area contributed by atoms with Crippen molar-refractivity contribution in [1.82, 2.24) is 36.0 Å². The number of anilines is 3. The molecule has 2 fully saturated rings. The number of methoxy groups -OCH3 is 1. The summed E-state index contributed by atoms with van der Waals surface area (Å²) in [6.45, 7) is 4.04. The third kappa shape index (κ3) is 5.04. The Morgan fingerprint density at radius 2 is 1.42 bits per heavy atom. The van der Waals surface area contributed by atoms with Gasteiger partial charge in [-0.2, -0.15) is 0 Å². The molecule has 0 spiro atoms. The monoisotopic (exact) mass is 606 g/mol. The molecular weight excluding hydrogens is 568 g/mol. The maximum absolute atomic E-state index is 12.6. The van der Waals surface area contributed by atoms with Crippen molar-refractivity contribution in [3.8, 4) is 0 Å². The number of imidazole rings is 2. The molecule has 5 aromatic rings. The van der Waals surface area contributed by atoms with E-state index in [1.54, 1.807) is 6.07 Å². The van der Waals surface area contributed by atoms with Gasteiger partial charge in [0.25, 0.3) is 0 Å². The van der Waals surface area contributed by atoms with Gasteiger partial charge in [0.2, 0.25) is 0 Å². The largest absolute Gasteiger partial charge is 0.465 e. The lowest BCUT2D eigenvalue weighted by atomic mass is 9.88. The minimum atomic E-state index is -1.06. The van der Waals surface area contributed by atoms with Crippen molar-refractivity contribution in [1.29, 1.82) is 0 Å². The molecule has 0 saturated carbocycles. The molecule has 2 saturated heterocycles. The molecule has 2 atom stereocenters. The Hall–Kier alpha value is -4.65. The number of nitrogens with zero attached hydrogens (tertiary/aromatic N) is 2. The summed E-state index contributed by atoms with van der Waals surface area (Å²) in [6, 6.07) is 18.7. The van der Waals surface area contributed by atoms with Crippen molar-refractivity contribution in [2.45, 2.75) is 43.3 Å². The van der Waals surface area contributed by atoms with Crippen LogP contribution in [-0.4, -0.2) is 71.3 Å². The van der Waals surface area contributed by atoms with Gasteiger partial charge in [0, 0.05) is 42.1 Å². The van der Waals surface area contributed by atoms with Crippen LogP contribution in [0.1, 0.15) is 53.3 Å². The van der Waals surface area contributed by atoms with Gasteiger partial charge >= 0.3 is 5.97 Å². The maximum atomic E-state index is 12.6. The van der Waals surface area contributed by atoms with Crippen LogP contribution in [0, 0.1) is 0 Å². The molecule has 232 valence electrons. The summed E-state index contributed by atoms with van der Waals surface area (Å²) in [5.74, 6) is 0.884. The van der Waals surface area contributed by atoms with Gasteiger partial charge in [-0.05, 0) is 93.4 Å². The molecular formula is C33H38N10O2. The number of hydrazine groups is 1. The van der Waals surface area contributed by atoms with Crippen LogP contribution in [-0.2, 0) is 10.3 Å². The second-order valence-corrected chi connectivity index (χ2v) is 12.3. The lowest BCUT2D eigenvalue weighted by Gasteiger charge is -2.25. The third-order valence-corrected chi connectivity index (χ3v) is 9.24. The first-order valence-electron chi connectivity index (χ1n) is 15.8. The first-order chi connectivity index (χ1) is 22.1. The van der Waals surface area contributed by atoms with Gasteiger partial charge in [-0.15, -0.1) is 0 Å². The highest BCUT2D eigenvalue weighted by molar-refractivity contribution is 5.91. The highest BCUT2D eigenvalue weighted by atomic mass is 16.5. The van der Waals surface area contributed by atoms with Crippen molar-refractivity contribution < 1.29 is 9.53 Å². The van der Waals surface area contributed by atoms with Crippen molar-refractivity contribution in [2.24, 2.45) is 0 Å². The topological polar surface area (TPSA) is 156 Å². The Morgan fingerprint density at radius 1 is 0.822 bits per heavy atom. The van der Waals surface area contributed by atoms with E-state index in [4.69, 9.17) is 14.7 Å². The van der Waals surface area contributed by atoms with Gasteiger partial charge in [0.05, 0.1) is 40.4 Å². The molecule has 8 rings (SSSR count). The van der Waals surface area contributed by atoms with Gasteiger partial charge in [-0.25, -0.2) is 20.2 Å². The van der Waals surface area contributed by atoms with E-state index in [1.165, 1.54) is 7.11 Å². The van der Waals surface area contributed by atoms with Crippen LogP contribution < -0.4 is 32.1 Å². The van der Waals surface area contributed by atoms with Crippen LogP contribution in [0.15, 0.2) is 54.6 Å². The zero-order valence-corrected chi connectivity index (χ0v) is 25.2. The second kappa shape index (κ2) is 11.4. The molecule has 0 radical (unpaired) electrons. The number of fused-ring (bicyclic) bond motifs is 3. The van der Waals surface area contributed by atoms with Crippen LogP contribution in [0.2, 0.25) is 0 Å². The highest BCUT2D eigenvalue weighted by Gasteiger charge is 2.48. The molecule has 2 unspecified atom stereocenters. The zero-order valence-electron chi connectivity index (χ0n) is 25.2. The highest BCUT2D eigenvalue weighted by Crippen LogP contribution is 2.43. The molecule has 3 aliphatic heterocycles. The van der Waals surface area contributed by atoms with Gasteiger partial charge in [0.1, 0.15) is 11.6 Å². The van der Waals surface area contributed by atoms with E-state index in [0.717, 1.165) is 96.6 Å². The van der Waals surface area contributed by atoms with Gasteiger partial charge in [-0.3, -0.25) is 0 Å². The summed E-state index contributed by atoms with van der Waals surface area (Å²) in [5.41, 5.74) is 13.4. The lowest BCUT2D eigenvalue weighted by Crippen LogP contribution is -2.44. The molecule has 0 aliphatic carbocycles. The number of piperidine rings is 2. The predicted molar refractivity (Wildman–Crippen MR) is 176 cm³/mol. The van der Waals surface area contributed by atoms with Crippen LogP contribution in [0.3, 0.4) is 0 Å². The summed E-state index contributed by atoms with van der Waals surface area (Å²) in [4.78, 5) is 30.0. The normalized spacial score (nSPS) is 23.0. The van der Waals surface area contributed by atoms with Gasteiger partial charge in [0.15, 0.2) is 5.54 Å². The lowest BCUT2D eigenvalue weighted by molar-refractivity contribution is 0.0600. The van der Waals surface area contributed by atoms with Crippen LogP contribution >= 0.6 is 0 Å². The number of aromatic amines is 2. The molecule has 3 aromatic carbocycles. The number of carbonyl (C=O) groups excluding carboxylic acids is 1. The number of benzene rings is 3. The predicted octanol–water partition coefficient (Wildman–Crippen LogP) is 3.78. The number of H-pyrrole nitrogens is 2. The fourth-order valence-electron chi connectivity index (χ4n) is 6.90. The van der Waals surface area contributed by atoms with E-state index in [1.807, 2.05) is 24.3 Å². The number of rotatable bonds is 7. The van der Waals surface area contributed by atoms with E-state index in [-0.39, 0.29) is 0 Å². The SMILES string of the molecule is COC(=O)c1ccc2c(c1)C(c1nc3ccc(NC4CCCNC4)cc3[nH]1)(c1nc3ccc(NC4CCCNC4)cc3[nH]1)NN2. The average Bonchev–Trinajstić information content (AvgIpc) is 3.80. The number of esters is 1. The molecule has 0 amide bonds. The molecule has 45 heavy (non-hydrogen) atoms. The van der Waals surface area contributed by atoms with Gasteiger partial charge < -0.3 is 41.4 Å². The quantitative estimate of drug-likeness (QED) is 0.128. The van der Waals surface area contributed by atoms with E-state index < -0.39 is 11.5 Å². The van der Waals surface area contributed by atoms with Crippen LogP contribution in [0.25, 0.3) is 22.1 Å². The molecule has 2 aromatic heterocycles. The zero-order chi connectivity index (χ0) is 30.4. The summed E-state index contributed by atoms with van der Waals surface area (Å²) in [6.07, 6.45) is 4.60. The molecule has 12 heteroatoms. The Labute approximate surface area is 260 Å². The fraction of sp³-hybridized carbons (Fsp3) is 0.364. The van der Waals surface area contributed by atoms with Gasteiger partial charge in [-0.1, -0.05) is 0 Å². The Balaban J connectivity index is 1.22. The van der Waals surface area contributed by atoms with E-state index in [2.05, 4.69) is 66.4 Å². The number of aromatic nitrogens is 4. The Bertz CT molecular complexity index is 1770. The van der Waals surface area contributed by atoms with Crippen molar-refractivity contribution in [2.75, 3.05) is 49.3 Å². The Kier molecular flexibility index (Phi) is 7.04. The summed E-state index contributed by atoms with van der Waals surface area (Å²) in [5, 5.41) is 14.3. The van der Waals surface area contributed by atoms with E-state index >= 15 is 0 Å². The summed E-state index contributed by atoms with van der Waals surface area (Å²) < 4.78 is 5.07. The van der Waals surface area contributed by atoms with E-state index in [0.29, 0.717) is 29.3 Å². The minimum Gasteiger partial charge on any atom is -0.465 e. The molecule has 5 heterocycles. The minimum absolute atomic E-state index is 0.388. The van der Waals surface area contributed by atoms with Crippen molar-refractivity contribution >= 4 is 45.1 Å². The third-order valence-electron chi connectivity index (χ3n) is 9.24.